The zero-order valence-electron chi connectivity index (χ0n) is 13.9. The first-order valence-corrected chi connectivity index (χ1v) is 8.11. The van der Waals surface area contributed by atoms with Gasteiger partial charge in [0.05, 0.1) is 11.0 Å². The average molecular weight is 362 g/mol. The van der Waals surface area contributed by atoms with Crippen LogP contribution in [0.5, 0.6) is 0 Å². The van der Waals surface area contributed by atoms with Crippen molar-refractivity contribution in [3.05, 3.63) is 88.0 Å². The van der Waals surface area contributed by atoms with E-state index in [2.05, 4.69) is 20.9 Å². The number of benzene rings is 2. The number of nitrogens with one attached hydrogen (secondary N) is 2. The molecule has 2 aromatic carbocycles. The van der Waals surface area contributed by atoms with Crippen LogP contribution in [-0.4, -0.2) is 25.7 Å². The Bertz CT molecular complexity index is 1060. The summed E-state index contributed by atoms with van der Waals surface area (Å²) in [5, 5.41) is 21.4. The molecule has 1 unspecified atom stereocenters. The molecular weight excluding hydrogens is 348 g/mol. The van der Waals surface area contributed by atoms with Crippen molar-refractivity contribution in [2.45, 2.75) is 6.04 Å². The molecule has 0 radical (unpaired) electrons. The van der Waals surface area contributed by atoms with Crippen molar-refractivity contribution < 1.29 is 9.72 Å². The summed E-state index contributed by atoms with van der Waals surface area (Å²) in [6, 6.07) is 12.9. The molecule has 2 N–H and O–H groups in total. The molecule has 0 saturated carbocycles. The Balaban J connectivity index is 1.52. The van der Waals surface area contributed by atoms with Gasteiger partial charge in [0, 0.05) is 23.4 Å². The molecule has 1 aromatic heterocycles. The van der Waals surface area contributed by atoms with Crippen LogP contribution in [0.25, 0.3) is 6.08 Å². The number of nitro benzene ring substituents is 1. The normalized spacial score (nSPS) is 14.9. The van der Waals surface area contributed by atoms with Crippen molar-refractivity contribution in [2.24, 2.45) is 0 Å². The van der Waals surface area contributed by atoms with Gasteiger partial charge in [-0.15, -0.1) is 10.2 Å². The number of rotatable bonds is 4. The van der Waals surface area contributed by atoms with E-state index in [1.165, 1.54) is 24.3 Å². The van der Waals surface area contributed by atoms with E-state index in [1.807, 2.05) is 30.4 Å². The lowest BCUT2D eigenvalue weighted by Crippen LogP contribution is -2.23. The highest BCUT2D eigenvalue weighted by atomic mass is 16.6. The highest BCUT2D eigenvalue weighted by Crippen LogP contribution is 2.24. The number of hydrogen-bond acceptors (Lipinski definition) is 6. The molecule has 1 aliphatic heterocycles. The van der Waals surface area contributed by atoms with Gasteiger partial charge in [-0.05, 0) is 29.8 Å². The van der Waals surface area contributed by atoms with Crippen LogP contribution in [-0.2, 0) is 0 Å². The van der Waals surface area contributed by atoms with E-state index in [0.717, 1.165) is 5.56 Å². The number of carbonyl (C=O) groups is 1. The highest BCUT2D eigenvalue weighted by Gasteiger charge is 2.16. The molecule has 9 heteroatoms. The molecule has 1 amide bonds. The lowest BCUT2D eigenvalue weighted by atomic mass is 10.1. The topological polar surface area (TPSA) is 115 Å². The third-order valence-corrected chi connectivity index (χ3v) is 4.11. The number of non-ortho nitro benzene ring substituents is 1. The molecule has 1 atom stereocenters. The van der Waals surface area contributed by atoms with E-state index in [0.29, 0.717) is 11.5 Å². The van der Waals surface area contributed by atoms with E-state index in [1.54, 1.807) is 17.1 Å². The smallest absolute Gasteiger partial charge is 0.270 e. The van der Waals surface area contributed by atoms with Gasteiger partial charge in [-0.1, -0.05) is 24.3 Å². The van der Waals surface area contributed by atoms with E-state index in [9.17, 15) is 14.9 Å². The molecule has 0 fully saturated rings. The number of nitro groups is 1. The number of fused-ring (bicyclic) bond motifs is 1. The van der Waals surface area contributed by atoms with Gasteiger partial charge in [-0.2, -0.15) is 0 Å². The van der Waals surface area contributed by atoms with E-state index in [-0.39, 0.29) is 17.3 Å². The van der Waals surface area contributed by atoms with Crippen LogP contribution >= 0.6 is 0 Å². The second kappa shape index (κ2) is 6.71. The fourth-order valence-corrected chi connectivity index (χ4v) is 2.79. The lowest BCUT2D eigenvalue weighted by molar-refractivity contribution is -0.384. The van der Waals surface area contributed by atoms with Crippen molar-refractivity contribution in [3.8, 4) is 0 Å². The minimum Gasteiger partial charge on any atom is -0.322 e. The van der Waals surface area contributed by atoms with Crippen LogP contribution < -0.4 is 10.7 Å². The molecule has 0 aliphatic carbocycles. The largest absolute Gasteiger partial charge is 0.322 e. The summed E-state index contributed by atoms with van der Waals surface area (Å²) in [6.45, 7) is 0. The number of aromatic nitrogens is 3. The molecular formula is C18H14N6O3. The van der Waals surface area contributed by atoms with E-state index >= 15 is 0 Å². The maximum Gasteiger partial charge on any atom is 0.270 e. The van der Waals surface area contributed by atoms with Gasteiger partial charge in [0.2, 0.25) is 0 Å². The van der Waals surface area contributed by atoms with Gasteiger partial charge >= 0.3 is 0 Å². The second-order valence-electron chi connectivity index (χ2n) is 5.91. The summed E-state index contributed by atoms with van der Waals surface area (Å²) >= 11 is 0. The maximum absolute atomic E-state index is 12.4. The Labute approximate surface area is 153 Å². The third kappa shape index (κ3) is 3.38. The number of carbonyl (C=O) groups excluding carboxylic acids is 1. The Morgan fingerprint density at radius 1 is 1.22 bits per heavy atom. The molecule has 0 bridgehead atoms. The summed E-state index contributed by atoms with van der Waals surface area (Å²) in [4.78, 5) is 22.8. The summed E-state index contributed by atoms with van der Waals surface area (Å²) in [6.07, 6.45) is 5.40. The fourth-order valence-electron chi connectivity index (χ4n) is 2.79. The van der Waals surface area contributed by atoms with Crippen LogP contribution in [0.3, 0.4) is 0 Å². The van der Waals surface area contributed by atoms with Gasteiger partial charge in [0.15, 0.2) is 5.82 Å². The summed E-state index contributed by atoms with van der Waals surface area (Å²) in [5.41, 5.74) is 4.86. The zero-order chi connectivity index (χ0) is 18.8. The number of hydrogen-bond donors (Lipinski definition) is 2. The number of nitrogens with zero attached hydrogens (tertiary/aromatic N) is 4. The predicted octanol–water partition coefficient (Wildman–Crippen LogP) is 2.75. The van der Waals surface area contributed by atoms with Crippen LogP contribution in [0.4, 0.5) is 11.4 Å². The maximum atomic E-state index is 12.4. The Kier molecular flexibility index (Phi) is 4.09. The number of anilines is 1. The molecule has 1 aliphatic rings. The first-order valence-electron chi connectivity index (χ1n) is 8.11. The molecule has 27 heavy (non-hydrogen) atoms. The quantitative estimate of drug-likeness (QED) is 0.545. The predicted molar refractivity (Wildman–Crippen MR) is 98.6 cm³/mol. The van der Waals surface area contributed by atoms with Crippen molar-refractivity contribution in [1.29, 1.82) is 0 Å². The first kappa shape index (κ1) is 16.5. The van der Waals surface area contributed by atoms with Gasteiger partial charge in [-0.25, -0.2) is 4.68 Å². The molecule has 3 aromatic rings. The summed E-state index contributed by atoms with van der Waals surface area (Å²) < 4.78 is 1.72. The fraction of sp³-hybridized carbons (Fsp3) is 0.0556. The third-order valence-electron chi connectivity index (χ3n) is 4.11. The van der Waals surface area contributed by atoms with Crippen LogP contribution in [0.2, 0.25) is 0 Å². The lowest BCUT2D eigenvalue weighted by Gasteiger charge is -2.21. The molecule has 0 saturated heterocycles. The Morgan fingerprint density at radius 2 is 2.07 bits per heavy atom. The van der Waals surface area contributed by atoms with Gasteiger partial charge in [0.1, 0.15) is 6.33 Å². The molecule has 9 nitrogen and oxygen atoms in total. The van der Waals surface area contributed by atoms with Crippen molar-refractivity contribution in [1.82, 2.24) is 14.9 Å². The SMILES string of the molecule is O=C(Nc1cccc(C2C=Cc3nncn3N2)c1)c1cccc([N+](=O)[O-])c1. The van der Waals surface area contributed by atoms with Gasteiger partial charge in [0.25, 0.3) is 11.6 Å². The van der Waals surface area contributed by atoms with E-state index < -0.39 is 10.8 Å². The summed E-state index contributed by atoms with van der Waals surface area (Å²) in [7, 11) is 0. The van der Waals surface area contributed by atoms with E-state index in [4.69, 9.17) is 0 Å². The Hall–Kier alpha value is -4.01. The molecule has 4 rings (SSSR count). The van der Waals surface area contributed by atoms with Crippen LogP contribution in [0, 0.1) is 10.1 Å². The minimum absolute atomic E-state index is 0.108. The molecule has 134 valence electrons. The van der Waals surface area contributed by atoms with Crippen molar-refractivity contribution in [2.75, 3.05) is 10.7 Å². The minimum atomic E-state index is -0.530. The Morgan fingerprint density at radius 3 is 2.93 bits per heavy atom. The van der Waals surface area contributed by atoms with Crippen molar-refractivity contribution in [3.63, 3.8) is 0 Å². The van der Waals surface area contributed by atoms with Gasteiger partial charge < -0.3 is 10.7 Å². The van der Waals surface area contributed by atoms with Crippen molar-refractivity contribution >= 4 is 23.4 Å². The van der Waals surface area contributed by atoms with Crippen LogP contribution in [0.15, 0.2) is 60.9 Å². The number of amides is 1. The van der Waals surface area contributed by atoms with Gasteiger partial charge in [-0.3, -0.25) is 14.9 Å². The van der Waals surface area contributed by atoms with Crippen LogP contribution in [0.1, 0.15) is 27.8 Å². The monoisotopic (exact) mass is 362 g/mol. The standard InChI is InChI=1S/C18H14N6O3/c25-18(13-4-2-6-15(10-13)24(26)27)20-14-5-1-3-12(9-14)16-7-8-17-21-19-11-23(17)22-16/h1-11,16,22H,(H,20,25). The molecule has 2 heterocycles. The first-order chi connectivity index (χ1) is 13.1. The average Bonchev–Trinajstić information content (AvgIpc) is 3.16. The summed E-state index contributed by atoms with van der Waals surface area (Å²) in [5.74, 6) is 0.297. The second-order valence-corrected chi connectivity index (χ2v) is 5.91. The highest BCUT2D eigenvalue weighted by molar-refractivity contribution is 6.04. The zero-order valence-corrected chi connectivity index (χ0v) is 13.9. The molecule has 0 spiro atoms.